The van der Waals surface area contributed by atoms with Crippen LogP contribution >= 0.6 is 15.9 Å². The van der Waals surface area contributed by atoms with E-state index < -0.39 is 6.09 Å². The number of anilines is 1. The first kappa shape index (κ1) is 26.9. The van der Waals surface area contributed by atoms with Gasteiger partial charge in [-0.3, -0.25) is 4.79 Å². The number of alkyl carbamates (subject to hydrolysis) is 1. The van der Waals surface area contributed by atoms with E-state index in [4.69, 9.17) is 4.74 Å². The molecule has 3 rings (SSSR count). The van der Waals surface area contributed by atoms with Gasteiger partial charge in [-0.15, -0.1) is 0 Å². The number of halogens is 2. The van der Waals surface area contributed by atoms with Crippen LogP contribution < -0.4 is 10.2 Å². The highest BCUT2D eigenvalue weighted by Gasteiger charge is 2.30. The van der Waals surface area contributed by atoms with Gasteiger partial charge >= 0.3 is 6.09 Å². The number of rotatable bonds is 6. The molecule has 0 saturated carbocycles. The highest BCUT2D eigenvalue weighted by Crippen LogP contribution is 2.26. The Balaban J connectivity index is 1.66. The largest absolute Gasteiger partial charge is 0.450 e. The number of aryl methyl sites for hydroxylation is 2. The summed E-state index contributed by atoms with van der Waals surface area (Å²) >= 11 is 3.57. The van der Waals surface area contributed by atoms with E-state index in [1.54, 1.807) is 6.07 Å². The van der Waals surface area contributed by atoms with E-state index in [0.29, 0.717) is 43.9 Å². The molecule has 2 amide bonds. The highest BCUT2D eigenvalue weighted by molar-refractivity contribution is 9.10. The first-order valence-corrected chi connectivity index (χ1v) is 12.7. The zero-order chi connectivity index (χ0) is 25.8. The van der Waals surface area contributed by atoms with Crippen molar-refractivity contribution in [2.24, 2.45) is 0 Å². The number of piperazine rings is 1. The average molecular weight is 549 g/mol. The van der Waals surface area contributed by atoms with Gasteiger partial charge in [0.1, 0.15) is 11.6 Å². The number of aromatic nitrogens is 1. The van der Waals surface area contributed by atoms with Crippen molar-refractivity contribution >= 4 is 33.7 Å². The smallest absolute Gasteiger partial charge is 0.407 e. The molecule has 190 valence electrons. The molecule has 2 heterocycles. The molecule has 7 nitrogen and oxygen atoms in total. The minimum atomic E-state index is -0.442. The molecule has 0 aliphatic carbocycles. The Morgan fingerprint density at radius 1 is 1.26 bits per heavy atom. The predicted octanol–water partition coefficient (Wildman–Crippen LogP) is 5.10. The average Bonchev–Trinajstić information content (AvgIpc) is 2.77. The summed E-state index contributed by atoms with van der Waals surface area (Å²) in [6.07, 6.45) is 2.00. The number of benzene rings is 1. The van der Waals surface area contributed by atoms with Gasteiger partial charge < -0.3 is 19.9 Å². The summed E-state index contributed by atoms with van der Waals surface area (Å²) in [6, 6.07) is 6.94. The van der Waals surface area contributed by atoms with Gasteiger partial charge in [0.15, 0.2) is 0 Å². The summed E-state index contributed by atoms with van der Waals surface area (Å²) in [4.78, 5) is 33.6. The van der Waals surface area contributed by atoms with Crippen molar-refractivity contribution in [3.05, 3.63) is 57.4 Å². The third-order valence-electron chi connectivity index (χ3n) is 5.84. The lowest BCUT2D eigenvalue weighted by molar-refractivity contribution is 0.0672. The van der Waals surface area contributed by atoms with E-state index in [-0.39, 0.29) is 29.9 Å². The summed E-state index contributed by atoms with van der Waals surface area (Å²) in [5.41, 5.74) is 2.28. The van der Waals surface area contributed by atoms with Crippen molar-refractivity contribution in [2.75, 3.05) is 31.1 Å². The second kappa shape index (κ2) is 11.4. The number of pyridine rings is 1. The molecule has 0 radical (unpaired) electrons. The molecule has 0 bridgehead atoms. The van der Waals surface area contributed by atoms with Gasteiger partial charge in [0.05, 0.1) is 12.8 Å². The number of amides is 2. The number of carbonyl (C=O) groups excluding carboxylic acids is 2. The van der Waals surface area contributed by atoms with Crippen LogP contribution in [0, 0.1) is 12.7 Å². The number of hydrogen-bond acceptors (Lipinski definition) is 5. The van der Waals surface area contributed by atoms with Gasteiger partial charge in [-0.1, -0.05) is 22.0 Å². The molecule has 35 heavy (non-hydrogen) atoms. The molecule has 0 spiro atoms. The monoisotopic (exact) mass is 548 g/mol. The summed E-state index contributed by atoms with van der Waals surface area (Å²) in [7, 11) is 0. The second-order valence-corrected chi connectivity index (χ2v) is 10.9. The Hall–Kier alpha value is -2.68. The highest BCUT2D eigenvalue weighted by atomic mass is 79.9. The van der Waals surface area contributed by atoms with Crippen molar-refractivity contribution in [1.82, 2.24) is 15.2 Å². The van der Waals surface area contributed by atoms with Gasteiger partial charge in [0.25, 0.3) is 5.91 Å². The molecule has 0 unspecified atom stereocenters. The number of carbonyl (C=O) groups is 2. The zero-order valence-corrected chi connectivity index (χ0v) is 22.6. The molecule has 1 aliphatic rings. The standard InChI is InChI=1S/C26H34BrFN4O3/c1-17-13-19(7-6-12-35-25(34)30-26(3,4)5)21(14-22(17)27)24(33)32-11-10-31(16-18(32)2)23-9-8-20(28)15-29-23/h8-9,13-15,18H,6-7,10-12,16H2,1-5H3,(H,30,34)/t18-/m0/s1. The fourth-order valence-corrected chi connectivity index (χ4v) is 4.44. The number of nitrogens with zero attached hydrogens (tertiary/aromatic N) is 3. The molecule has 1 fully saturated rings. The molecule has 9 heteroatoms. The van der Waals surface area contributed by atoms with E-state index in [2.05, 4.69) is 31.1 Å². The fraction of sp³-hybridized carbons (Fsp3) is 0.500. The minimum Gasteiger partial charge on any atom is -0.450 e. The van der Waals surface area contributed by atoms with E-state index in [1.165, 1.54) is 12.3 Å². The maximum Gasteiger partial charge on any atom is 0.407 e. The van der Waals surface area contributed by atoms with Crippen LogP contribution in [0.5, 0.6) is 0 Å². The Morgan fingerprint density at radius 2 is 2.00 bits per heavy atom. The quantitative estimate of drug-likeness (QED) is 0.508. The fourth-order valence-electron chi connectivity index (χ4n) is 4.09. The van der Waals surface area contributed by atoms with Gasteiger partial charge in [-0.25, -0.2) is 14.2 Å². The van der Waals surface area contributed by atoms with Crippen LogP contribution in [0.1, 0.15) is 55.6 Å². The van der Waals surface area contributed by atoms with Crippen molar-refractivity contribution in [2.45, 2.75) is 59.0 Å². The topological polar surface area (TPSA) is 74.8 Å². The van der Waals surface area contributed by atoms with Crippen LogP contribution in [0.25, 0.3) is 0 Å². The number of ether oxygens (including phenoxy) is 1. The van der Waals surface area contributed by atoms with Crippen LogP contribution in [0.15, 0.2) is 34.9 Å². The Bertz CT molecular complexity index is 1060. The zero-order valence-electron chi connectivity index (χ0n) is 21.0. The van der Waals surface area contributed by atoms with Crippen LogP contribution in [-0.2, 0) is 11.2 Å². The van der Waals surface area contributed by atoms with Gasteiger partial charge in [0, 0.05) is 41.3 Å². The van der Waals surface area contributed by atoms with Gasteiger partial charge in [0.2, 0.25) is 0 Å². The Morgan fingerprint density at radius 3 is 2.63 bits per heavy atom. The molecule has 1 saturated heterocycles. The third-order valence-corrected chi connectivity index (χ3v) is 6.69. The Labute approximate surface area is 215 Å². The summed E-state index contributed by atoms with van der Waals surface area (Å²) in [5, 5.41) is 2.77. The maximum atomic E-state index is 13.6. The Kier molecular flexibility index (Phi) is 8.74. The maximum absolute atomic E-state index is 13.6. The van der Waals surface area contributed by atoms with Crippen LogP contribution in [0.2, 0.25) is 0 Å². The molecule has 1 aromatic heterocycles. The summed E-state index contributed by atoms with van der Waals surface area (Å²) in [5.74, 6) is 0.319. The molecular formula is C26H34BrFN4O3. The third kappa shape index (κ3) is 7.40. The molecule has 2 aromatic rings. The number of hydrogen-bond donors (Lipinski definition) is 1. The SMILES string of the molecule is Cc1cc(CCCOC(=O)NC(C)(C)C)c(C(=O)N2CCN(c3ccc(F)cn3)C[C@@H]2C)cc1Br. The van der Waals surface area contributed by atoms with E-state index in [9.17, 15) is 14.0 Å². The number of nitrogens with one attached hydrogen (secondary N) is 1. The first-order chi connectivity index (χ1) is 16.4. The van der Waals surface area contributed by atoms with E-state index in [0.717, 1.165) is 15.6 Å². The van der Waals surface area contributed by atoms with Crippen molar-refractivity contribution in [1.29, 1.82) is 0 Å². The van der Waals surface area contributed by atoms with Crippen LogP contribution in [0.3, 0.4) is 0 Å². The predicted molar refractivity (Wildman–Crippen MR) is 138 cm³/mol. The molecule has 1 N–H and O–H groups in total. The second-order valence-electron chi connectivity index (χ2n) is 10.0. The van der Waals surface area contributed by atoms with Crippen LogP contribution in [0.4, 0.5) is 15.0 Å². The summed E-state index contributed by atoms with van der Waals surface area (Å²) in [6.45, 7) is 11.7. The van der Waals surface area contributed by atoms with E-state index in [1.807, 2.05) is 51.7 Å². The van der Waals surface area contributed by atoms with Gasteiger partial charge in [-0.2, -0.15) is 0 Å². The van der Waals surface area contributed by atoms with Crippen molar-refractivity contribution < 1.29 is 18.7 Å². The normalized spacial score (nSPS) is 16.3. The summed E-state index contributed by atoms with van der Waals surface area (Å²) < 4.78 is 19.4. The minimum absolute atomic E-state index is 0.0219. The lowest BCUT2D eigenvalue weighted by atomic mass is 9.98. The van der Waals surface area contributed by atoms with Crippen molar-refractivity contribution in [3.8, 4) is 0 Å². The lowest BCUT2D eigenvalue weighted by Gasteiger charge is -2.40. The molecule has 1 aromatic carbocycles. The molecular weight excluding hydrogens is 515 g/mol. The van der Waals surface area contributed by atoms with Crippen LogP contribution in [-0.4, -0.2) is 59.7 Å². The lowest BCUT2D eigenvalue weighted by Crippen LogP contribution is -2.54. The van der Waals surface area contributed by atoms with E-state index >= 15 is 0 Å². The van der Waals surface area contributed by atoms with Crippen molar-refractivity contribution in [3.63, 3.8) is 0 Å². The molecule has 1 atom stereocenters. The first-order valence-electron chi connectivity index (χ1n) is 11.9. The molecule has 1 aliphatic heterocycles. The van der Waals surface area contributed by atoms with Gasteiger partial charge in [-0.05, 0) is 76.8 Å².